The molecule has 3 nitrogen and oxygen atoms in total. The number of hydrogen-bond acceptors (Lipinski definition) is 2. The third kappa shape index (κ3) is 1.86. The molecule has 0 saturated heterocycles. The summed E-state index contributed by atoms with van der Waals surface area (Å²) in [4.78, 5) is 0. The lowest BCUT2D eigenvalue weighted by Gasteiger charge is -2.03. The van der Waals surface area contributed by atoms with E-state index in [1.165, 1.54) is 12.1 Å². The maximum absolute atomic E-state index is 12.3. The molecule has 0 fully saturated rings. The fourth-order valence-electron chi connectivity index (χ4n) is 1.26. The van der Waals surface area contributed by atoms with Crippen molar-refractivity contribution in [3.05, 3.63) is 42.2 Å². The van der Waals surface area contributed by atoms with Crippen LogP contribution >= 0.6 is 0 Å². The Morgan fingerprint density at radius 1 is 1.19 bits per heavy atom. The number of benzene rings is 1. The summed E-state index contributed by atoms with van der Waals surface area (Å²) in [5, 5.41) is 13.0. The van der Waals surface area contributed by atoms with Gasteiger partial charge in [0.25, 0.3) is 0 Å². The van der Waals surface area contributed by atoms with E-state index in [-0.39, 0.29) is 11.4 Å². The van der Waals surface area contributed by atoms with Crippen molar-refractivity contribution in [2.24, 2.45) is 0 Å². The van der Waals surface area contributed by atoms with Crippen molar-refractivity contribution < 1.29 is 18.3 Å². The minimum atomic E-state index is -4.43. The van der Waals surface area contributed by atoms with Crippen molar-refractivity contribution in [2.45, 2.75) is 6.18 Å². The molecule has 0 aliphatic rings. The number of nitrogens with zero attached hydrogens (tertiary/aromatic N) is 2. The predicted molar refractivity (Wildman–Crippen MR) is 50.2 cm³/mol. The average molecular weight is 228 g/mol. The molecule has 2 rings (SSSR count). The summed E-state index contributed by atoms with van der Waals surface area (Å²) in [6.07, 6.45) is -2.88. The van der Waals surface area contributed by atoms with Crippen molar-refractivity contribution in [1.82, 2.24) is 9.78 Å². The Bertz CT molecular complexity index is 505. The monoisotopic (exact) mass is 228 g/mol. The molecule has 0 aliphatic heterocycles. The van der Waals surface area contributed by atoms with Crippen LogP contribution < -0.4 is 0 Å². The molecule has 84 valence electrons. The molecule has 0 unspecified atom stereocenters. The van der Waals surface area contributed by atoms with Crippen molar-refractivity contribution in [1.29, 1.82) is 0 Å². The summed E-state index contributed by atoms with van der Waals surface area (Å²) in [5.41, 5.74) is -0.645. The number of para-hydroxylation sites is 2. The van der Waals surface area contributed by atoms with Crippen molar-refractivity contribution in [3.8, 4) is 11.4 Å². The highest BCUT2D eigenvalue weighted by atomic mass is 19.4. The van der Waals surface area contributed by atoms with E-state index in [2.05, 4.69) is 5.10 Å². The second-order valence-electron chi connectivity index (χ2n) is 3.16. The summed E-state index contributed by atoms with van der Waals surface area (Å²) in [5.74, 6) is -0.126. The van der Waals surface area contributed by atoms with Crippen LogP contribution in [0.2, 0.25) is 0 Å². The normalized spacial score (nSPS) is 11.7. The Morgan fingerprint density at radius 2 is 1.88 bits per heavy atom. The molecular weight excluding hydrogens is 221 g/mol. The average Bonchev–Trinajstić information content (AvgIpc) is 2.66. The predicted octanol–water partition coefficient (Wildman–Crippen LogP) is 2.60. The second-order valence-corrected chi connectivity index (χ2v) is 3.16. The molecule has 0 amide bonds. The summed E-state index contributed by atoms with van der Waals surface area (Å²) >= 11 is 0. The minimum Gasteiger partial charge on any atom is -0.506 e. The molecule has 1 N–H and O–H groups in total. The quantitative estimate of drug-likeness (QED) is 0.814. The third-order valence-corrected chi connectivity index (χ3v) is 2.04. The molecular formula is C10H7F3N2O. The molecule has 0 bridgehead atoms. The maximum Gasteiger partial charge on any atom is 0.419 e. The van der Waals surface area contributed by atoms with Crippen molar-refractivity contribution in [3.63, 3.8) is 0 Å². The van der Waals surface area contributed by atoms with Crippen molar-refractivity contribution in [2.75, 3.05) is 0 Å². The first kappa shape index (κ1) is 10.5. The first-order valence-corrected chi connectivity index (χ1v) is 4.39. The first-order valence-electron chi connectivity index (χ1n) is 4.39. The lowest BCUT2D eigenvalue weighted by atomic mass is 10.3. The molecule has 1 heterocycles. The fourth-order valence-corrected chi connectivity index (χ4v) is 1.26. The Morgan fingerprint density at radius 3 is 2.44 bits per heavy atom. The largest absolute Gasteiger partial charge is 0.506 e. The van der Waals surface area contributed by atoms with Gasteiger partial charge in [-0.15, -0.1) is 0 Å². The van der Waals surface area contributed by atoms with Gasteiger partial charge < -0.3 is 5.11 Å². The smallest absolute Gasteiger partial charge is 0.419 e. The van der Waals surface area contributed by atoms with Crippen molar-refractivity contribution >= 4 is 0 Å². The highest BCUT2D eigenvalue weighted by molar-refractivity contribution is 5.44. The molecule has 6 heteroatoms. The molecule has 0 spiro atoms. The highest BCUT2D eigenvalue weighted by Crippen LogP contribution is 2.30. The standard InChI is InChI=1S/C10H7F3N2O/c11-10(12,13)7-5-14-15(6-7)8-3-1-2-4-9(8)16/h1-6,16H. The van der Waals surface area contributed by atoms with Crippen LogP contribution in [0.3, 0.4) is 0 Å². The van der Waals surface area contributed by atoms with Gasteiger partial charge in [-0.25, -0.2) is 4.68 Å². The van der Waals surface area contributed by atoms with E-state index in [0.717, 1.165) is 10.9 Å². The lowest BCUT2D eigenvalue weighted by molar-refractivity contribution is -0.137. The Labute approximate surface area is 88.8 Å². The lowest BCUT2D eigenvalue weighted by Crippen LogP contribution is -2.03. The number of halogens is 3. The SMILES string of the molecule is Oc1ccccc1-n1cc(C(F)(F)F)cn1. The molecule has 0 saturated carbocycles. The second kappa shape index (κ2) is 3.55. The van der Waals surface area contributed by atoms with E-state index in [1.807, 2.05) is 0 Å². The fraction of sp³-hybridized carbons (Fsp3) is 0.100. The molecule has 1 aromatic carbocycles. The van der Waals surface area contributed by atoms with Crippen LogP contribution in [0.4, 0.5) is 13.2 Å². The molecule has 1 aromatic heterocycles. The third-order valence-electron chi connectivity index (χ3n) is 2.04. The Hall–Kier alpha value is -1.98. The van der Waals surface area contributed by atoms with Crippen LogP contribution in [0.1, 0.15) is 5.56 Å². The zero-order valence-corrected chi connectivity index (χ0v) is 7.94. The van der Waals surface area contributed by atoms with Gasteiger partial charge >= 0.3 is 6.18 Å². The number of aromatic nitrogens is 2. The number of aromatic hydroxyl groups is 1. The van der Waals surface area contributed by atoms with Gasteiger partial charge in [-0.05, 0) is 12.1 Å². The van der Waals surface area contributed by atoms with Gasteiger partial charge in [-0.1, -0.05) is 12.1 Å². The van der Waals surface area contributed by atoms with Gasteiger partial charge in [-0.2, -0.15) is 18.3 Å². The van der Waals surface area contributed by atoms with Gasteiger partial charge in [0.15, 0.2) is 0 Å². The van der Waals surface area contributed by atoms with Crippen LogP contribution in [-0.2, 0) is 6.18 Å². The number of phenols is 1. The van der Waals surface area contributed by atoms with Gasteiger partial charge in [0, 0.05) is 6.20 Å². The first-order chi connectivity index (χ1) is 7.48. The van der Waals surface area contributed by atoms with Gasteiger partial charge in [0.05, 0.1) is 11.8 Å². The summed E-state index contributed by atoms with van der Waals surface area (Å²) in [6, 6.07) is 6.03. The summed E-state index contributed by atoms with van der Waals surface area (Å²) in [6.45, 7) is 0. The van der Waals surface area contributed by atoms with Gasteiger partial charge in [0.1, 0.15) is 11.4 Å². The molecule has 16 heavy (non-hydrogen) atoms. The van der Waals surface area contributed by atoms with E-state index >= 15 is 0 Å². The molecule has 2 aromatic rings. The molecule has 0 atom stereocenters. The van der Waals surface area contributed by atoms with Gasteiger partial charge in [-0.3, -0.25) is 0 Å². The van der Waals surface area contributed by atoms with Crippen LogP contribution in [0, 0.1) is 0 Å². The Balaban J connectivity index is 2.44. The number of phenolic OH excluding ortho intramolecular Hbond substituents is 1. The number of rotatable bonds is 1. The maximum atomic E-state index is 12.3. The van der Waals surface area contributed by atoms with Gasteiger partial charge in [0.2, 0.25) is 0 Å². The number of alkyl halides is 3. The zero-order chi connectivity index (χ0) is 11.8. The molecule has 0 aliphatic carbocycles. The van der Waals surface area contributed by atoms with E-state index < -0.39 is 11.7 Å². The van der Waals surface area contributed by atoms with Crippen LogP contribution in [0.15, 0.2) is 36.7 Å². The number of hydrogen-bond donors (Lipinski definition) is 1. The van der Waals surface area contributed by atoms with E-state index in [9.17, 15) is 18.3 Å². The zero-order valence-electron chi connectivity index (χ0n) is 7.94. The van der Waals surface area contributed by atoms with Crippen LogP contribution in [0.25, 0.3) is 5.69 Å². The summed E-state index contributed by atoms with van der Waals surface area (Å²) < 4.78 is 37.9. The Kier molecular flexibility index (Phi) is 2.34. The van der Waals surface area contributed by atoms with E-state index in [4.69, 9.17) is 0 Å². The topological polar surface area (TPSA) is 38.0 Å². The summed E-state index contributed by atoms with van der Waals surface area (Å²) in [7, 11) is 0. The molecule has 0 radical (unpaired) electrons. The van der Waals surface area contributed by atoms with E-state index in [1.54, 1.807) is 12.1 Å². The highest BCUT2D eigenvalue weighted by Gasteiger charge is 2.32. The van der Waals surface area contributed by atoms with E-state index in [0.29, 0.717) is 6.20 Å². The van der Waals surface area contributed by atoms with Crippen LogP contribution in [0.5, 0.6) is 5.75 Å². The van der Waals surface area contributed by atoms with Crippen LogP contribution in [-0.4, -0.2) is 14.9 Å². The minimum absolute atomic E-state index is 0.126.